The van der Waals surface area contributed by atoms with Crippen molar-refractivity contribution in [1.82, 2.24) is 19.7 Å². The molecule has 1 atom stereocenters. The van der Waals surface area contributed by atoms with Crippen molar-refractivity contribution in [3.63, 3.8) is 0 Å². The predicted octanol–water partition coefficient (Wildman–Crippen LogP) is 0.706. The molecule has 0 spiro atoms. The van der Waals surface area contributed by atoms with Crippen molar-refractivity contribution in [3.05, 3.63) is 47.5 Å². The van der Waals surface area contributed by atoms with Gasteiger partial charge in [-0.05, 0) is 30.5 Å². The van der Waals surface area contributed by atoms with E-state index in [9.17, 15) is 4.79 Å². The third kappa shape index (κ3) is 3.75. The quantitative estimate of drug-likeness (QED) is 0.847. The first-order valence-corrected chi connectivity index (χ1v) is 7.77. The second kappa shape index (κ2) is 6.89. The van der Waals surface area contributed by atoms with E-state index in [1.165, 1.54) is 5.56 Å². The van der Waals surface area contributed by atoms with Crippen LogP contribution in [0.5, 0.6) is 0 Å². The summed E-state index contributed by atoms with van der Waals surface area (Å²) in [6.45, 7) is 2.83. The first-order valence-electron chi connectivity index (χ1n) is 7.77. The van der Waals surface area contributed by atoms with Crippen molar-refractivity contribution in [2.75, 3.05) is 13.1 Å². The van der Waals surface area contributed by atoms with Crippen LogP contribution in [0.15, 0.2) is 30.6 Å². The second-order valence-electron chi connectivity index (χ2n) is 5.92. The van der Waals surface area contributed by atoms with Crippen LogP contribution < -0.4 is 5.73 Å². The fraction of sp³-hybridized carbons (Fsp3) is 0.438. The van der Waals surface area contributed by atoms with Gasteiger partial charge in [0.05, 0.1) is 12.6 Å². The predicted molar refractivity (Wildman–Crippen MR) is 84.5 cm³/mol. The summed E-state index contributed by atoms with van der Waals surface area (Å²) in [5.74, 6) is -0.526. The number of piperidine rings is 1. The van der Waals surface area contributed by atoms with E-state index in [-0.39, 0.29) is 18.5 Å². The van der Waals surface area contributed by atoms with Crippen molar-refractivity contribution in [1.29, 1.82) is 0 Å². The Balaban J connectivity index is 1.63. The Morgan fingerprint density at radius 2 is 2.04 bits per heavy atom. The molecule has 0 aliphatic carbocycles. The molecule has 1 aromatic carbocycles. The van der Waals surface area contributed by atoms with Crippen LogP contribution in [0, 0.1) is 0 Å². The Hall–Kier alpha value is -2.25. The number of likely N-dealkylation sites (tertiary alicyclic amines) is 1. The van der Waals surface area contributed by atoms with E-state index in [4.69, 9.17) is 10.8 Å². The van der Waals surface area contributed by atoms with Crippen molar-refractivity contribution in [2.45, 2.75) is 32.0 Å². The van der Waals surface area contributed by atoms with Crippen LogP contribution in [0.1, 0.15) is 40.6 Å². The first kappa shape index (κ1) is 15.6. The largest absolute Gasteiger partial charge is 0.392 e. The molecular formula is C16H21N5O2. The maximum Gasteiger partial charge on any atom is 0.288 e. The number of primary amides is 1. The summed E-state index contributed by atoms with van der Waals surface area (Å²) in [5.41, 5.74) is 7.35. The number of hydrogen-bond donors (Lipinski definition) is 2. The van der Waals surface area contributed by atoms with Gasteiger partial charge in [0.1, 0.15) is 6.33 Å². The van der Waals surface area contributed by atoms with Crippen LogP contribution in [0.3, 0.4) is 0 Å². The minimum atomic E-state index is -0.597. The zero-order valence-electron chi connectivity index (χ0n) is 12.9. The molecule has 2 heterocycles. The number of rotatable bonds is 5. The molecule has 7 nitrogen and oxygen atoms in total. The number of nitrogens with zero attached hydrogens (tertiary/aromatic N) is 4. The number of aliphatic hydroxyl groups excluding tert-OH is 1. The molecule has 1 fully saturated rings. The van der Waals surface area contributed by atoms with Gasteiger partial charge in [-0.3, -0.25) is 9.69 Å². The highest BCUT2D eigenvalue weighted by Gasteiger charge is 2.23. The van der Waals surface area contributed by atoms with E-state index in [0.717, 1.165) is 38.0 Å². The van der Waals surface area contributed by atoms with Gasteiger partial charge in [-0.25, -0.2) is 9.67 Å². The number of carbonyl (C=O) groups is 1. The van der Waals surface area contributed by atoms with Crippen molar-refractivity contribution in [3.8, 4) is 0 Å². The zero-order valence-corrected chi connectivity index (χ0v) is 12.9. The standard InChI is InChI=1S/C16H21N5O2/c17-15(23)16-18-11-21(19-16)14-2-1-7-20(9-14)8-12-3-5-13(10-22)6-4-12/h3-6,11,14,22H,1-2,7-10H2,(H2,17,23)/t14-/m0/s1. The van der Waals surface area contributed by atoms with E-state index in [2.05, 4.69) is 27.1 Å². The van der Waals surface area contributed by atoms with Gasteiger partial charge in [-0.2, -0.15) is 0 Å². The lowest BCUT2D eigenvalue weighted by molar-refractivity contribution is 0.0989. The molecule has 122 valence electrons. The highest BCUT2D eigenvalue weighted by Crippen LogP contribution is 2.22. The number of aromatic nitrogens is 3. The molecule has 23 heavy (non-hydrogen) atoms. The van der Waals surface area contributed by atoms with E-state index < -0.39 is 5.91 Å². The summed E-state index contributed by atoms with van der Waals surface area (Å²) in [4.78, 5) is 17.4. The van der Waals surface area contributed by atoms with Gasteiger partial charge in [0.25, 0.3) is 5.91 Å². The molecule has 1 amide bonds. The van der Waals surface area contributed by atoms with Gasteiger partial charge in [0, 0.05) is 13.1 Å². The van der Waals surface area contributed by atoms with Gasteiger partial charge in [-0.1, -0.05) is 24.3 Å². The molecule has 0 saturated carbocycles. The maximum absolute atomic E-state index is 11.1. The van der Waals surface area contributed by atoms with Gasteiger partial charge in [0.2, 0.25) is 5.82 Å². The van der Waals surface area contributed by atoms with Crippen LogP contribution in [-0.4, -0.2) is 43.8 Å². The molecule has 3 N–H and O–H groups in total. The third-order valence-electron chi connectivity index (χ3n) is 4.20. The van der Waals surface area contributed by atoms with Gasteiger partial charge >= 0.3 is 0 Å². The Kier molecular flexibility index (Phi) is 4.68. The number of amides is 1. The average Bonchev–Trinajstić information content (AvgIpc) is 3.06. The lowest BCUT2D eigenvalue weighted by Crippen LogP contribution is -2.36. The lowest BCUT2D eigenvalue weighted by atomic mass is 10.0. The summed E-state index contributed by atoms with van der Waals surface area (Å²) in [7, 11) is 0. The molecule has 1 aliphatic rings. The number of carbonyl (C=O) groups excluding carboxylic acids is 1. The maximum atomic E-state index is 11.1. The Morgan fingerprint density at radius 3 is 2.70 bits per heavy atom. The summed E-state index contributed by atoms with van der Waals surface area (Å²) in [5, 5.41) is 13.3. The van der Waals surface area contributed by atoms with E-state index in [1.54, 1.807) is 11.0 Å². The number of benzene rings is 1. The van der Waals surface area contributed by atoms with Crippen molar-refractivity contribution >= 4 is 5.91 Å². The van der Waals surface area contributed by atoms with Crippen LogP contribution in [0.25, 0.3) is 0 Å². The van der Waals surface area contributed by atoms with E-state index in [0.29, 0.717) is 0 Å². The van der Waals surface area contributed by atoms with Gasteiger partial charge < -0.3 is 10.8 Å². The SMILES string of the molecule is NC(=O)c1ncn([C@H]2CCCN(Cc3ccc(CO)cc3)C2)n1. The van der Waals surface area contributed by atoms with Crippen molar-refractivity contribution in [2.24, 2.45) is 5.73 Å². The zero-order chi connectivity index (χ0) is 16.2. The fourth-order valence-electron chi connectivity index (χ4n) is 2.96. The minimum Gasteiger partial charge on any atom is -0.392 e. The van der Waals surface area contributed by atoms with Crippen molar-refractivity contribution < 1.29 is 9.90 Å². The molecular weight excluding hydrogens is 294 g/mol. The fourth-order valence-corrected chi connectivity index (χ4v) is 2.96. The highest BCUT2D eigenvalue weighted by molar-refractivity contribution is 5.88. The lowest BCUT2D eigenvalue weighted by Gasteiger charge is -2.32. The monoisotopic (exact) mass is 315 g/mol. The normalized spacial score (nSPS) is 18.9. The highest BCUT2D eigenvalue weighted by atomic mass is 16.3. The third-order valence-corrected chi connectivity index (χ3v) is 4.20. The molecule has 1 saturated heterocycles. The van der Waals surface area contributed by atoms with Crippen LogP contribution >= 0.6 is 0 Å². The van der Waals surface area contributed by atoms with Gasteiger partial charge in [0.15, 0.2) is 0 Å². The molecule has 0 unspecified atom stereocenters. The molecule has 7 heteroatoms. The Bertz CT molecular complexity index is 667. The van der Waals surface area contributed by atoms with Gasteiger partial charge in [-0.15, -0.1) is 5.10 Å². The summed E-state index contributed by atoms with van der Waals surface area (Å²) in [6.07, 6.45) is 3.68. The molecule has 2 aromatic rings. The second-order valence-corrected chi connectivity index (χ2v) is 5.92. The number of hydrogen-bond acceptors (Lipinski definition) is 5. The van der Waals surface area contributed by atoms with E-state index >= 15 is 0 Å². The average molecular weight is 315 g/mol. The van der Waals surface area contributed by atoms with Crippen LogP contribution in [0.2, 0.25) is 0 Å². The smallest absolute Gasteiger partial charge is 0.288 e. The number of nitrogens with two attached hydrogens (primary N) is 1. The van der Waals surface area contributed by atoms with Crippen LogP contribution in [-0.2, 0) is 13.2 Å². The summed E-state index contributed by atoms with van der Waals surface area (Å²) >= 11 is 0. The van der Waals surface area contributed by atoms with Crippen LogP contribution in [0.4, 0.5) is 0 Å². The Morgan fingerprint density at radius 1 is 1.30 bits per heavy atom. The molecule has 1 aliphatic heterocycles. The van der Waals surface area contributed by atoms with E-state index in [1.807, 2.05) is 12.1 Å². The molecule has 0 radical (unpaired) electrons. The summed E-state index contributed by atoms with van der Waals surface area (Å²) < 4.78 is 1.75. The minimum absolute atomic E-state index is 0.0700. The topological polar surface area (TPSA) is 97.3 Å². The number of aliphatic hydroxyl groups is 1. The molecule has 0 bridgehead atoms. The molecule has 1 aromatic heterocycles. The first-order chi connectivity index (χ1) is 11.2. The Labute approximate surface area is 134 Å². The molecule has 3 rings (SSSR count). The summed E-state index contributed by atoms with van der Waals surface area (Å²) in [6, 6.07) is 8.22.